The maximum atomic E-state index is 13.0. The van der Waals surface area contributed by atoms with E-state index in [4.69, 9.17) is 17.4 Å². The summed E-state index contributed by atoms with van der Waals surface area (Å²) in [5, 5.41) is 0.182. The molecule has 1 unspecified atom stereocenters. The van der Waals surface area contributed by atoms with Crippen molar-refractivity contribution in [1.29, 1.82) is 0 Å². The summed E-state index contributed by atoms with van der Waals surface area (Å²) in [7, 11) is 0. The molecule has 0 heterocycles. The number of hydrazine groups is 1. The van der Waals surface area contributed by atoms with Gasteiger partial charge in [0, 0.05) is 6.04 Å². The van der Waals surface area contributed by atoms with E-state index < -0.39 is 0 Å². The zero-order valence-electron chi connectivity index (χ0n) is 9.05. The maximum absolute atomic E-state index is 13.0. The Morgan fingerprint density at radius 2 is 2.25 bits per heavy atom. The van der Waals surface area contributed by atoms with E-state index in [0.29, 0.717) is 5.92 Å². The molecule has 16 heavy (non-hydrogen) atoms. The zero-order chi connectivity index (χ0) is 11.5. The molecule has 4 heteroatoms. The molecule has 1 aliphatic carbocycles. The quantitative estimate of drug-likeness (QED) is 0.629. The third-order valence-corrected chi connectivity index (χ3v) is 3.66. The van der Waals surface area contributed by atoms with Gasteiger partial charge < -0.3 is 0 Å². The minimum absolute atomic E-state index is 0.182. The predicted octanol–water partition coefficient (Wildman–Crippen LogP) is 2.65. The van der Waals surface area contributed by atoms with Crippen LogP contribution >= 0.6 is 11.6 Å². The largest absolute Gasteiger partial charge is 0.271 e. The SMILES string of the molecule is NNC(Cc1ccc(F)c(Cl)c1)C1CCC1. The van der Waals surface area contributed by atoms with Gasteiger partial charge in [0.15, 0.2) is 0 Å². The molecule has 1 saturated carbocycles. The Kier molecular flexibility index (Phi) is 3.79. The minimum Gasteiger partial charge on any atom is -0.271 e. The molecule has 88 valence electrons. The Balaban J connectivity index is 2.03. The number of hydrogen-bond acceptors (Lipinski definition) is 2. The summed E-state index contributed by atoms with van der Waals surface area (Å²) in [5.41, 5.74) is 3.88. The van der Waals surface area contributed by atoms with Crippen LogP contribution in [-0.2, 0) is 6.42 Å². The monoisotopic (exact) mass is 242 g/mol. The van der Waals surface area contributed by atoms with Gasteiger partial charge >= 0.3 is 0 Å². The van der Waals surface area contributed by atoms with Crippen molar-refractivity contribution >= 4 is 11.6 Å². The van der Waals surface area contributed by atoms with Crippen LogP contribution < -0.4 is 11.3 Å². The van der Waals surface area contributed by atoms with Gasteiger partial charge in [-0.1, -0.05) is 24.1 Å². The van der Waals surface area contributed by atoms with E-state index >= 15 is 0 Å². The molecule has 2 nitrogen and oxygen atoms in total. The van der Waals surface area contributed by atoms with Gasteiger partial charge in [-0.15, -0.1) is 0 Å². The van der Waals surface area contributed by atoms with E-state index in [9.17, 15) is 4.39 Å². The van der Waals surface area contributed by atoms with Crippen LogP contribution in [0.15, 0.2) is 18.2 Å². The summed E-state index contributed by atoms with van der Waals surface area (Å²) in [6.07, 6.45) is 4.54. The Labute approximate surface area is 99.9 Å². The molecule has 0 spiro atoms. The smallest absolute Gasteiger partial charge is 0.141 e. The average molecular weight is 243 g/mol. The van der Waals surface area contributed by atoms with Gasteiger partial charge in [0.25, 0.3) is 0 Å². The van der Waals surface area contributed by atoms with Crippen LogP contribution in [0.4, 0.5) is 4.39 Å². The molecule has 0 radical (unpaired) electrons. The summed E-state index contributed by atoms with van der Waals surface area (Å²) in [5.74, 6) is 5.82. The van der Waals surface area contributed by atoms with Crippen molar-refractivity contribution in [1.82, 2.24) is 5.43 Å². The lowest BCUT2D eigenvalue weighted by Gasteiger charge is -2.33. The van der Waals surface area contributed by atoms with Gasteiger partial charge in [0.05, 0.1) is 5.02 Å². The molecule has 1 atom stereocenters. The van der Waals surface area contributed by atoms with Crippen molar-refractivity contribution in [3.05, 3.63) is 34.6 Å². The zero-order valence-corrected chi connectivity index (χ0v) is 9.80. The molecule has 0 aliphatic heterocycles. The second-order valence-electron chi connectivity index (χ2n) is 4.42. The molecule has 0 amide bonds. The van der Waals surface area contributed by atoms with Crippen LogP contribution in [0.1, 0.15) is 24.8 Å². The van der Waals surface area contributed by atoms with Crippen molar-refractivity contribution in [2.24, 2.45) is 11.8 Å². The van der Waals surface area contributed by atoms with Gasteiger partial charge in [0.2, 0.25) is 0 Å². The van der Waals surface area contributed by atoms with E-state index in [0.717, 1.165) is 12.0 Å². The molecular formula is C12H16ClFN2. The van der Waals surface area contributed by atoms with Gasteiger partial charge in [-0.2, -0.15) is 0 Å². The molecule has 3 N–H and O–H groups in total. The maximum Gasteiger partial charge on any atom is 0.141 e. The number of nitrogens with two attached hydrogens (primary N) is 1. The number of rotatable bonds is 4. The van der Waals surface area contributed by atoms with Crippen molar-refractivity contribution in [3.63, 3.8) is 0 Å². The van der Waals surface area contributed by atoms with Crippen molar-refractivity contribution < 1.29 is 4.39 Å². The highest BCUT2D eigenvalue weighted by Crippen LogP contribution is 2.31. The first-order valence-electron chi connectivity index (χ1n) is 5.60. The lowest BCUT2D eigenvalue weighted by Crippen LogP contribution is -2.44. The minimum atomic E-state index is -0.369. The fourth-order valence-electron chi connectivity index (χ4n) is 2.12. The van der Waals surface area contributed by atoms with E-state index in [1.165, 1.54) is 25.3 Å². The average Bonchev–Trinajstić information content (AvgIpc) is 2.20. The number of halogens is 2. The van der Waals surface area contributed by atoms with Gasteiger partial charge in [-0.05, 0) is 42.9 Å². The number of benzene rings is 1. The van der Waals surface area contributed by atoms with Crippen LogP contribution in [0.2, 0.25) is 5.02 Å². The van der Waals surface area contributed by atoms with Crippen LogP contribution in [0.3, 0.4) is 0 Å². The van der Waals surface area contributed by atoms with Gasteiger partial charge in [0.1, 0.15) is 5.82 Å². The van der Waals surface area contributed by atoms with Crippen LogP contribution in [0, 0.1) is 11.7 Å². The van der Waals surface area contributed by atoms with E-state index in [1.54, 1.807) is 12.1 Å². The van der Waals surface area contributed by atoms with Crippen molar-refractivity contribution in [2.75, 3.05) is 0 Å². The van der Waals surface area contributed by atoms with E-state index in [1.807, 2.05) is 0 Å². The number of nitrogens with one attached hydrogen (secondary N) is 1. The standard InChI is InChI=1S/C12H16ClFN2/c13-10-6-8(4-5-11(10)14)7-12(16-15)9-2-1-3-9/h4-6,9,12,16H,1-3,7,15H2. The first-order chi connectivity index (χ1) is 7.70. The molecule has 1 aromatic rings. The molecule has 1 fully saturated rings. The molecule has 1 aromatic carbocycles. The molecule has 0 saturated heterocycles. The highest BCUT2D eigenvalue weighted by atomic mass is 35.5. The number of hydrogen-bond donors (Lipinski definition) is 2. The van der Waals surface area contributed by atoms with Crippen molar-refractivity contribution in [2.45, 2.75) is 31.7 Å². The third-order valence-electron chi connectivity index (χ3n) is 3.37. The normalized spacial score (nSPS) is 18.2. The van der Waals surface area contributed by atoms with Gasteiger partial charge in [-0.3, -0.25) is 11.3 Å². The predicted molar refractivity (Wildman–Crippen MR) is 63.6 cm³/mol. The summed E-state index contributed by atoms with van der Waals surface area (Å²) in [6.45, 7) is 0. The second-order valence-corrected chi connectivity index (χ2v) is 4.82. The second kappa shape index (κ2) is 5.13. The molecule has 2 rings (SSSR count). The Morgan fingerprint density at radius 3 is 2.75 bits per heavy atom. The Hall–Kier alpha value is -0.640. The Bertz CT molecular complexity index is 366. The highest BCUT2D eigenvalue weighted by molar-refractivity contribution is 6.30. The van der Waals surface area contributed by atoms with Crippen LogP contribution in [0.5, 0.6) is 0 Å². The summed E-state index contributed by atoms with van der Waals surface area (Å²) >= 11 is 5.74. The van der Waals surface area contributed by atoms with E-state index in [2.05, 4.69) is 5.43 Å². The van der Waals surface area contributed by atoms with Crippen LogP contribution in [-0.4, -0.2) is 6.04 Å². The lowest BCUT2D eigenvalue weighted by atomic mass is 9.78. The van der Waals surface area contributed by atoms with Gasteiger partial charge in [-0.25, -0.2) is 4.39 Å². The summed E-state index contributed by atoms with van der Waals surface area (Å²) in [6, 6.07) is 5.13. The van der Waals surface area contributed by atoms with Crippen molar-refractivity contribution in [3.8, 4) is 0 Å². The first kappa shape index (κ1) is 11.8. The molecular weight excluding hydrogens is 227 g/mol. The van der Waals surface area contributed by atoms with Crippen LogP contribution in [0.25, 0.3) is 0 Å². The molecule has 0 bridgehead atoms. The fraction of sp³-hybridized carbons (Fsp3) is 0.500. The summed E-state index contributed by atoms with van der Waals surface area (Å²) < 4.78 is 13.0. The fourth-order valence-corrected chi connectivity index (χ4v) is 2.33. The highest BCUT2D eigenvalue weighted by Gasteiger charge is 2.26. The third kappa shape index (κ3) is 2.54. The molecule has 0 aromatic heterocycles. The lowest BCUT2D eigenvalue weighted by molar-refractivity contribution is 0.228. The topological polar surface area (TPSA) is 38.0 Å². The first-order valence-corrected chi connectivity index (χ1v) is 5.98. The summed E-state index contributed by atoms with van der Waals surface area (Å²) in [4.78, 5) is 0. The molecule has 1 aliphatic rings. The van der Waals surface area contributed by atoms with E-state index in [-0.39, 0.29) is 16.9 Å². The Morgan fingerprint density at radius 1 is 1.50 bits per heavy atom.